The molecule has 0 saturated carbocycles. The van der Waals surface area contributed by atoms with E-state index >= 15 is 0 Å². The summed E-state index contributed by atoms with van der Waals surface area (Å²) in [6.07, 6.45) is 0.653. The smallest absolute Gasteiger partial charge is 0.319 e. The fourth-order valence-electron chi connectivity index (χ4n) is 2.84. The van der Waals surface area contributed by atoms with Gasteiger partial charge in [-0.3, -0.25) is 9.36 Å². The molecule has 2 aromatic carbocycles. The van der Waals surface area contributed by atoms with Gasteiger partial charge in [0.05, 0.1) is 18.7 Å². The van der Waals surface area contributed by atoms with Crippen LogP contribution >= 0.6 is 23.4 Å². The van der Waals surface area contributed by atoms with E-state index in [1.54, 1.807) is 7.11 Å². The average molecular weight is 402 g/mol. The van der Waals surface area contributed by atoms with Gasteiger partial charge in [-0.05, 0) is 36.4 Å². The Morgan fingerprint density at radius 2 is 1.96 bits per heavy atom. The number of cyclic esters (lactones) is 1. The zero-order chi connectivity index (χ0) is 18.8. The van der Waals surface area contributed by atoms with Crippen LogP contribution in [-0.4, -0.2) is 39.7 Å². The van der Waals surface area contributed by atoms with Gasteiger partial charge in [-0.1, -0.05) is 35.5 Å². The topological polar surface area (TPSA) is 66.2 Å². The summed E-state index contributed by atoms with van der Waals surface area (Å²) in [6.45, 7) is 0.435. The highest BCUT2D eigenvalue weighted by Crippen LogP contribution is 2.35. The van der Waals surface area contributed by atoms with Crippen LogP contribution in [0, 0.1) is 0 Å². The molecule has 1 atom stereocenters. The number of aromatic nitrogens is 3. The molecule has 1 aromatic heterocycles. The lowest BCUT2D eigenvalue weighted by Gasteiger charge is -2.12. The number of carbonyl (C=O) groups is 1. The Morgan fingerprint density at radius 1 is 1.19 bits per heavy atom. The Hall–Kier alpha value is -2.51. The monoisotopic (exact) mass is 401 g/mol. The fourth-order valence-corrected chi connectivity index (χ4v) is 4.08. The number of carbonyl (C=O) groups excluding carboxylic acids is 1. The molecule has 0 spiro atoms. The first-order valence-electron chi connectivity index (χ1n) is 8.35. The van der Waals surface area contributed by atoms with Gasteiger partial charge in [0, 0.05) is 17.7 Å². The van der Waals surface area contributed by atoms with Crippen LogP contribution in [0.5, 0.6) is 5.75 Å². The molecule has 1 fully saturated rings. The van der Waals surface area contributed by atoms with E-state index in [0.29, 0.717) is 29.0 Å². The molecule has 1 saturated heterocycles. The molecule has 6 nitrogen and oxygen atoms in total. The van der Waals surface area contributed by atoms with Crippen molar-refractivity contribution in [3.05, 3.63) is 53.6 Å². The summed E-state index contributed by atoms with van der Waals surface area (Å²) in [5.74, 6) is 1.14. The maximum Gasteiger partial charge on any atom is 0.319 e. The second kappa shape index (κ2) is 7.62. The molecule has 3 aromatic rings. The van der Waals surface area contributed by atoms with Gasteiger partial charge in [0.1, 0.15) is 11.0 Å². The quantitative estimate of drug-likeness (QED) is 0.602. The van der Waals surface area contributed by atoms with Crippen LogP contribution in [0.3, 0.4) is 0 Å². The molecule has 8 heteroatoms. The number of nitrogens with zero attached hydrogens (tertiary/aromatic N) is 3. The van der Waals surface area contributed by atoms with Crippen molar-refractivity contribution in [1.82, 2.24) is 14.8 Å². The highest BCUT2D eigenvalue weighted by atomic mass is 35.5. The number of hydrogen-bond donors (Lipinski definition) is 0. The molecule has 0 unspecified atom stereocenters. The Labute approximate surface area is 165 Å². The van der Waals surface area contributed by atoms with E-state index in [-0.39, 0.29) is 11.2 Å². The molecule has 138 valence electrons. The summed E-state index contributed by atoms with van der Waals surface area (Å²) in [5, 5.41) is 9.59. The summed E-state index contributed by atoms with van der Waals surface area (Å²) in [4.78, 5) is 11.9. The van der Waals surface area contributed by atoms with Crippen molar-refractivity contribution in [1.29, 1.82) is 0 Å². The molecule has 0 N–H and O–H groups in total. The summed E-state index contributed by atoms with van der Waals surface area (Å²) in [5.41, 5.74) is 1.62. The van der Waals surface area contributed by atoms with Crippen molar-refractivity contribution in [2.24, 2.45) is 0 Å². The predicted molar refractivity (Wildman–Crippen MR) is 104 cm³/mol. The third-order valence-electron chi connectivity index (χ3n) is 4.21. The van der Waals surface area contributed by atoms with Crippen molar-refractivity contribution < 1.29 is 14.3 Å². The average Bonchev–Trinajstić information content (AvgIpc) is 3.29. The van der Waals surface area contributed by atoms with Crippen molar-refractivity contribution in [3.63, 3.8) is 0 Å². The highest BCUT2D eigenvalue weighted by molar-refractivity contribution is 8.00. The van der Waals surface area contributed by atoms with Crippen LogP contribution < -0.4 is 4.74 Å². The van der Waals surface area contributed by atoms with E-state index in [0.717, 1.165) is 17.0 Å². The molecule has 0 aliphatic carbocycles. The number of esters is 1. The third kappa shape index (κ3) is 3.52. The molecule has 1 aliphatic heterocycles. The number of rotatable bonds is 5. The van der Waals surface area contributed by atoms with Gasteiger partial charge in [0.2, 0.25) is 0 Å². The van der Waals surface area contributed by atoms with E-state index in [1.807, 2.05) is 53.1 Å². The van der Waals surface area contributed by atoms with Crippen LogP contribution in [0.25, 0.3) is 17.1 Å². The zero-order valence-electron chi connectivity index (χ0n) is 14.5. The highest BCUT2D eigenvalue weighted by Gasteiger charge is 2.30. The first-order valence-corrected chi connectivity index (χ1v) is 9.61. The van der Waals surface area contributed by atoms with Crippen molar-refractivity contribution in [2.45, 2.75) is 16.8 Å². The number of benzene rings is 2. The number of halogens is 1. The summed E-state index contributed by atoms with van der Waals surface area (Å²) in [7, 11) is 1.62. The molecule has 2 heterocycles. The minimum atomic E-state index is -0.287. The Balaban J connectivity index is 1.81. The maximum absolute atomic E-state index is 11.9. The van der Waals surface area contributed by atoms with Crippen LogP contribution in [0.1, 0.15) is 6.42 Å². The van der Waals surface area contributed by atoms with Crippen LogP contribution in [0.2, 0.25) is 5.02 Å². The molecule has 0 bridgehead atoms. The van der Waals surface area contributed by atoms with E-state index in [1.165, 1.54) is 11.8 Å². The van der Waals surface area contributed by atoms with Gasteiger partial charge in [0.15, 0.2) is 11.0 Å². The minimum Gasteiger partial charge on any atom is -0.497 e. The minimum absolute atomic E-state index is 0.219. The lowest BCUT2D eigenvalue weighted by atomic mass is 10.2. The number of methoxy groups -OCH3 is 1. The molecule has 0 radical (unpaired) electrons. The van der Waals surface area contributed by atoms with Gasteiger partial charge in [-0.2, -0.15) is 0 Å². The number of thioether (sulfide) groups is 1. The SMILES string of the molecule is COc1ccc(-n2c(S[C@@H]3CCOC3=O)nnc2-c2ccccc2Cl)cc1. The summed E-state index contributed by atoms with van der Waals surface area (Å²) < 4.78 is 12.2. The Kier molecular flexibility index (Phi) is 5.05. The number of hydrogen-bond acceptors (Lipinski definition) is 6. The first kappa shape index (κ1) is 17.9. The van der Waals surface area contributed by atoms with Crippen LogP contribution in [0.4, 0.5) is 0 Å². The van der Waals surface area contributed by atoms with Crippen LogP contribution in [-0.2, 0) is 9.53 Å². The van der Waals surface area contributed by atoms with E-state index in [9.17, 15) is 4.79 Å². The van der Waals surface area contributed by atoms with E-state index in [2.05, 4.69) is 10.2 Å². The summed E-state index contributed by atoms with van der Waals surface area (Å²) >= 11 is 7.74. The third-order valence-corrected chi connectivity index (χ3v) is 5.73. The van der Waals surface area contributed by atoms with Gasteiger partial charge >= 0.3 is 5.97 Å². The van der Waals surface area contributed by atoms with Crippen molar-refractivity contribution in [2.75, 3.05) is 13.7 Å². The lowest BCUT2D eigenvalue weighted by Crippen LogP contribution is -2.11. The van der Waals surface area contributed by atoms with Crippen LogP contribution in [0.15, 0.2) is 53.7 Å². The van der Waals surface area contributed by atoms with Gasteiger partial charge < -0.3 is 9.47 Å². The van der Waals surface area contributed by atoms with Gasteiger partial charge in [-0.15, -0.1) is 10.2 Å². The molecule has 27 heavy (non-hydrogen) atoms. The molecular weight excluding hydrogens is 386 g/mol. The van der Waals surface area contributed by atoms with E-state index < -0.39 is 0 Å². The second-order valence-corrected chi connectivity index (χ2v) is 7.46. The zero-order valence-corrected chi connectivity index (χ0v) is 16.0. The standard InChI is InChI=1S/C19H16ClN3O3S/c1-25-13-8-6-12(7-9-13)23-17(14-4-2-3-5-15(14)20)21-22-19(23)27-16-10-11-26-18(16)24/h2-9,16H,10-11H2,1H3/t16-/m1/s1. The first-order chi connectivity index (χ1) is 13.2. The Bertz CT molecular complexity index is 975. The second-order valence-electron chi connectivity index (χ2n) is 5.88. The normalized spacial score (nSPS) is 16.4. The van der Waals surface area contributed by atoms with Crippen molar-refractivity contribution in [3.8, 4) is 22.8 Å². The van der Waals surface area contributed by atoms with Gasteiger partial charge in [0.25, 0.3) is 0 Å². The fraction of sp³-hybridized carbons (Fsp3) is 0.211. The largest absolute Gasteiger partial charge is 0.497 e. The Morgan fingerprint density at radius 3 is 2.63 bits per heavy atom. The van der Waals surface area contributed by atoms with Crippen molar-refractivity contribution >= 4 is 29.3 Å². The maximum atomic E-state index is 11.9. The number of ether oxygens (including phenoxy) is 2. The lowest BCUT2D eigenvalue weighted by molar-refractivity contribution is -0.137. The molecule has 1 aliphatic rings. The van der Waals surface area contributed by atoms with E-state index in [4.69, 9.17) is 21.1 Å². The predicted octanol–water partition coefficient (Wildman–Crippen LogP) is 4.00. The molecule has 0 amide bonds. The molecule has 4 rings (SSSR count). The van der Waals surface area contributed by atoms with Gasteiger partial charge in [-0.25, -0.2) is 0 Å². The summed E-state index contributed by atoms with van der Waals surface area (Å²) in [6, 6.07) is 15.0. The molecular formula is C19H16ClN3O3S.